The van der Waals surface area contributed by atoms with Crippen molar-refractivity contribution in [2.24, 2.45) is 0 Å². The van der Waals surface area contributed by atoms with Gasteiger partial charge in [0.25, 0.3) is 0 Å². The summed E-state index contributed by atoms with van der Waals surface area (Å²) in [5, 5.41) is 0. The molecule has 4 nitrogen and oxygen atoms in total. The van der Waals surface area contributed by atoms with Crippen LogP contribution in [0.2, 0.25) is 0 Å². The van der Waals surface area contributed by atoms with Crippen molar-refractivity contribution in [1.82, 2.24) is 9.80 Å². The van der Waals surface area contributed by atoms with Gasteiger partial charge in [0.15, 0.2) is 0 Å². The molecule has 0 unspecified atom stereocenters. The summed E-state index contributed by atoms with van der Waals surface area (Å²) in [6, 6.07) is 6.09. The Morgan fingerprint density at radius 2 is 2.05 bits per heavy atom. The molecule has 104 valence electrons. The molecule has 0 spiro atoms. The fourth-order valence-electron chi connectivity index (χ4n) is 2.64. The number of rotatable bonds is 4. The van der Waals surface area contributed by atoms with Gasteiger partial charge in [0.05, 0.1) is 6.54 Å². The Hall–Kier alpha value is -1.55. The van der Waals surface area contributed by atoms with Crippen LogP contribution in [0.5, 0.6) is 0 Å². The molecule has 1 amide bonds. The lowest BCUT2D eigenvalue weighted by molar-refractivity contribution is -0.132. The SMILES string of the molecule is CCN(CC)C(=O)CN1CCc2ccc(N)cc2C1. The lowest BCUT2D eigenvalue weighted by atomic mass is 9.99. The lowest BCUT2D eigenvalue weighted by Gasteiger charge is -2.30. The zero-order valence-electron chi connectivity index (χ0n) is 11.9. The van der Waals surface area contributed by atoms with Crippen LogP contribution in [-0.2, 0) is 17.8 Å². The molecule has 0 radical (unpaired) electrons. The van der Waals surface area contributed by atoms with Gasteiger partial charge < -0.3 is 10.6 Å². The maximum absolute atomic E-state index is 12.1. The number of anilines is 1. The number of amides is 1. The molecule has 1 aromatic rings. The van der Waals surface area contributed by atoms with Crippen molar-refractivity contribution in [3.63, 3.8) is 0 Å². The minimum Gasteiger partial charge on any atom is -0.399 e. The number of nitrogen functional groups attached to an aromatic ring is 1. The van der Waals surface area contributed by atoms with Crippen LogP contribution in [0.25, 0.3) is 0 Å². The second kappa shape index (κ2) is 6.06. The number of fused-ring (bicyclic) bond motifs is 1. The molecule has 0 bridgehead atoms. The predicted octanol–water partition coefficient (Wildman–Crippen LogP) is 1.50. The number of hydrogen-bond donors (Lipinski definition) is 1. The number of nitrogens with zero attached hydrogens (tertiary/aromatic N) is 2. The summed E-state index contributed by atoms with van der Waals surface area (Å²) >= 11 is 0. The topological polar surface area (TPSA) is 49.6 Å². The maximum atomic E-state index is 12.1. The number of carbonyl (C=O) groups excluding carboxylic acids is 1. The van der Waals surface area contributed by atoms with Gasteiger partial charge in [-0.15, -0.1) is 0 Å². The van der Waals surface area contributed by atoms with E-state index in [1.807, 2.05) is 30.9 Å². The molecule has 0 aromatic heterocycles. The van der Waals surface area contributed by atoms with Gasteiger partial charge in [-0.2, -0.15) is 0 Å². The summed E-state index contributed by atoms with van der Waals surface area (Å²) in [4.78, 5) is 16.2. The van der Waals surface area contributed by atoms with Crippen molar-refractivity contribution in [2.75, 3.05) is 31.9 Å². The van der Waals surface area contributed by atoms with E-state index in [9.17, 15) is 4.79 Å². The summed E-state index contributed by atoms with van der Waals surface area (Å²) in [7, 11) is 0. The zero-order chi connectivity index (χ0) is 13.8. The van der Waals surface area contributed by atoms with Gasteiger partial charge >= 0.3 is 0 Å². The second-order valence-electron chi connectivity index (χ2n) is 5.05. The Balaban J connectivity index is 2.00. The van der Waals surface area contributed by atoms with Gasteiger partial charge in [-0.05, 0) is 43.5 Å². The monoisotopic (exact) mass is 261 g/mol. The fourth-order valence-corrected chi connectivity index (χ4v) is 2.64. The van der Waals surface area contributed by atoms with E-state index < -0.39 is 0 Å². The molecule has 1 aliphatic rings. The van der Waals surface area contributed by atoms with E-state index >= 15 is 0 Å². The van der Waals surface area contributed by atoms with Crippen molar-refractivity contribution in [3.8, 4) is 0 Å². The van der Waals surface area contributed by atoms with E-state index in [2.05, 4.69) is 11.0 Å². The average Bonchev–Trinajstić information content (AvgIpc) is 2.39. The standard InChI is InChI=1S/C15H23N3O/c1-3-18(4-2)15(19)11-17-8-7-12-5-6-14(16)9-13(12)10-17/h5-6,9H,3-4,7-8,10-11,16H2,1-2H3. The van der Waals surface area contributed by atoms with E-state index in [-0.39, 0.29) is 5.91 Å². The highest BCUT2D eigenvalue weighted by Gasteiger charge is 2.20. The molecular formula is C15H23N3O. The molecule has 1 aliphatic heterocycles. The van der Waals surface area contributed by atoms with E-state index in [0.29, 0.717) is 6.54 Å². The van der Waals surface area contributed by atoms with Crippen molar-refractivity contribution in [2.45, 2.75) is 26.8 Å². The number of carbonyl (C=O) groups is 1. The average molecular weight is 261 g/mol. The van der Waals surface area contributed by atoms with Crippen LogP contribution in [-0.4, -0.2) is 41.9 Å². The first kappa shape index (κ1) is 13.9. The quantitative estimate of drug-likeness (QED) is 0.836. The van der Waals surface area contributed by atoms with Gasteiger partial charge in [-0.1, -0.05) is 6.07 Å². The van der Waals surface area contributed by atoms with E-state index in [0.717, 1.165) is 38.3 Å². The van der Waals surface area contributed by atoms with Gasteiger partial charge in [-0.3, -0.25) is 9.69 Å². The van der Waals surface area contributed by atoms with Crippen LogP contribution >= 0.6 is 0 Å². The highest BCUT2D eigenvalue weighted by Crippen LogP contribution is 2.21. The van der Waals surface area contributed by atoms with Crippen LogP contribution in [0.3, 0.4) is 0 Å². The Bertz CT molecular complexity index is 455. The Kier molecular flexibility index (Phi) is 4.43. The maximum Gasteiger partial charge on any atom is 0.236 e. The van der Waals surface area contributed by atoms with Crippen LogP contribution < -0.4 is 5.73 Å². The third-order valence-corrected chi connectivity index (χ3v) is 3.80. The predicted molar refractivity (Wildman–Crippen MR) is 77.8 cm³/mol. The normalized spacial score (nSPS) is 15.1. The minimum atomic E-state index is 0.220. The third kappa shape index (κ3) is 3.26. The number of benzene rings is 1. The summed E-state index contributed by atoms with van der Waals surface area (Å²) < 4.78 is 0. The van der Waals surface area contributed by atoms with Crippen LogP contribution in [0.15, 0.2) is 18.2 Å². The first-order chi connectivity index (χ1) is 9.13. The molecule has 0 saturated carbocycles. The Morgan fingerprint density at radius 1 is 1.32 bits per heavy atom. The van der Waals surface area contributed by atoms with Crippen LogP contribution in [0.4, 0.5) is 5.69 Å². The van der Waals surface area contributed by atoms with Gasteiger partial charge in [0, 0.05) is 31.9 Å². The Labute approximate surface area is 115 Å². The van der Waals surface area contributed by atoms with Gasteiger partial charge in [0.2, 0.25) is 5.91 Å². The molecule has 19 heavy (non-hydrogen) atoms. The molecule has 0 atom stereocenters. The van der Waals surface area contributed by atoms with Crippen molar-refractivity contribution < 1.29 is 4.79 Å². The van der Waals surface area contributed by atoms with Gasteiger partial charge in [-0.25, -0.2) is 0 Å². The van der Waals surface area contributed by atoms with E-state index in [1.165, 1.54) is 11.1 Å². The second-order valence-corrected chi connectivity index (χ2v) is 5.05. The van der Waals surface area contributed by atoms with E-state index in [1.54, 1.807) is 0 Å². The van der Waals surface area contributed by atoms with Crippen LogP contribution in [0, 0.1) is 0 Å². The molecule has 1 aromatic carbocycles. The highest BCUT2D eigenvalue weighted by atomic mass is 16.2. The first-order valence-corrected chi connectivity index (χ1v) is 7.01. The zero-order valence-corrected chi connectivity index (χ0v) is 11.9. The number of likely N-dealkylation sites (N-methyl/N-ethyl adjacent to an activating group) is 1. The summed E-state index contributed by atoms with van der Waals surface area (Å²) in [6.07, 6.45) is 1.00. The molecule has 0 saturated heterocycles. The molecular weight excluding hydrogens is 238 g/mol. The number of hydrogen-bond acceptors (Lipinski definition) is 3. The van der Waals surface area contributed by atoms with Crippen molar-refractivity contribution in [1.29, 1.82) is 0 Å². The number of nitrogens with two attached hydrogens (primary N) is 1. The smallest absolute Gasteiger partial charge is 0.236 e. The van der Waals surface area contributed by atoms with Crippen LogP contribution in [0.1, 0.15) is 25.0 Å². The molecule has 4 heteroatoms. The summed E-state index contributed by atoms with van der Waals surface area (Å²) in [5.41, 5.74) is 9.25. The lowest BCUT2D eigenvalue weighted by Crippen LogP contribution is -2.42. The van der Waals surface area contributed by atoms with E-state index in [4.69, 9.17) is 5.73 Å². The summed E-state index contributed by atoms with van der Waals surface area (Å²) in [6.45, 7) is 7.90. The molecule has 0 fully saturated rings. The third-order valence-electron chi connectivity index (χ3n) is 3.80. The van der Waals surface area contributed by atoms with Crippen molar-refractivity contribution in [3.05, 3.63) is 29.3 Å². The van der Waals surface area contributed by atoms with Gasteiger partial charge in [0.1, 0.15) is 0 Å². The Morgan fingerprint density at radius 3 is 2.74 bits per heavy atom. The fraction of sp³-hybridized carbons (Fsp3) is 0.533. The van der Waals surface area contributed by atoms with Crippen molar-refractivity contribution >= 4 is 11.6 Å². The largest absolute Gasteiger partial charge is 0.399 e. The molecule has 1 heterocycles. The molecule has 0 aliphatic carbocycles. The molecule has 2 N–H and O–H groups in total. The first-order valence-electron chi connectivity index (χ1n) is 7.01. The minimum absolute atomic E-state index is 0.220. The highest BCUT2D eigenvalue weighted by molar-refractivity contribution is 5.78. The molecule has 2 rings (SSSR count). The summed E-state index contributed by atoms with van der Waals surface area (Å²) in [5.74, 6) is 0.220.